The summed E-state index contributed by atoms with van der Waals surface area (Å²) in [6.45, 7) is 1.88. The number of nitrogens with zero attached hydrogens (tertiary/aromatic N) is 3. The predicted molar refractivity (Wildman–Crippen MR) is 61.2 cm³/mol. The molecular weight excluding hydrogens is 200 g/mol. The quantitative estimate of drug-likeness (QED) is 0.826. The molecule has 2 heterocycles. The number of hydrogen-bond acceptors (Lipinski definition) is 4. The van der Waals surface area contributed by atoms with Crippen molar-refractivity contribution >= 4 is 11.5 Å². The van der Waals surface area contributed by atoms with Crippen molar-refractivity contribution in [1.82, 2.24) is 9.97 Å². The largest absolute Gasteiger partial charge is 0.338 e. The number of aromatic nitrogens is 2. The number of nitrogens with one attached hydrogen (secondary N) is 1. The van der Waals surface area contributed by atoms with E-state index in [1.54, 1.807) is 18.6 Å². The van der Waals surface area contributed by atoms with Crippen molar-refractivity contribution in [3.05, 3.63) is 47.9 Å². The highest BCUT2D eigenvalue weighted by atomic mass is 15.0. The first-order chi connectivity index (χ1) is 7.81. The Balaban J connectivity index is 2.36. The molecule has 4 nitrogen and oxygen atoms in total. The molecule has 78 valence electrons. The Kier molecular flexibility index (Phi) is 2.79. The van der Waals surface area contributed by atoms with Crippen LogP contribution in [-0.4, -0.2) is 9.97 Å². The van der Waals surface area contributed by atoms with E-state index in [1.807, 2.05) is 25.1 Å². The van der Waals surface area contributed by atoms with Gasteiger partial charge in [0.1, 0.15) is 11.9 Å². The molecule has 2 rings (SSSR count). The van der Waals surface area contributed by atoms with Crippen LogP contribution in [0.15, 0.2) is 36.8 Å². The van der Waals surface area contributed by atoms with Gasteiger partial charge in [-0.15, -0.1) is 0 Å². The molecule has 0 unspecified atom stereocenters. The first-order valence-corrected chi connectivity index (χ1v) is 4.84. The number of hydrogen-bond donors (Lipinski definition) is 1. The Labute approximate surface area is 93.6 Å². The summed E-state index contributed by atoms with van der Waals surface area (Å²) in [6, 6.07) is 7.65. The molecule has 0 saturated heterocycles. The van der Waals surface area contributed by atoms with E-state index in [4.69, 9.17) is 5.26 Å². The molecule has 1 N–H and O–H groups in total. The van der Waals surface area contributed by atoms with Crippen molar-refractivity contribution in [3.63, 3.8) is 0 Å². The van der Waals surface area contributed by atoms with Gasteiger partial charge in [0.25, 0.3) is 0 Å². The van der Waals surface area contributed by atoms with Crippen LogP contribution in [0, 0.1) is 18.3 Å². The van der Waals surface area contributed by atoms with Gasteiger partial charge >= 0.3 is 0 Å². The van der Waals surface area contributed by atoms with Crippen molar-refractivity contribution in [2.45, 2.75) is 6.92 Å². The number of pyridine rings is 2. The molecule has 0 aliphatic rings. The molecule has 16 heavy (non-hydrogen) atoms. The monoisotopic (exact) mass is 210 g/mol. The summed E-state index contributed by atoms with van der Waals surface area (Å²) in [7, 11) is 0. The smallest absolute Gasteiger partial charge is 0.148 e. The van der Waals surface area contributed by atoms with Gasteiger partial charge in [-0.25, -0.2) is 4.98 Å². The zero-order valence-corrected chi connectivity index (χ0v) is 8.81. The van der Waals surface area contributed by atoms with Crippen LogP contribution in [0.4, 0.5) is 11.5 Å². The van der Waals surface area contributed by atoms with Crippen LogP contribution in [0.3, 0.4) is 0 Å². The molecule has 0 spiro atoms. The van der Waals surface area contributed by atoms with Crippen LogP contribution in [0.2, 0.25) is 0 Å². The summed E-state index contributed by atoms with van der Waals surface area (Å²) in [5.74, 6) is 0.565. The summed E-state index contributed by atoms with van der Waals surface area (Å²) < 4.78 is 0. The van der Waals surface area contributed by atoms with Crippen LogP contribution >= 0.6 is 0 Å². The normalized spacial score (nSPS) is 9.50. The van der Waals surface area contributed by atoms with Crippen molar-refractivity contribution in [2.75, 3.05) is 5.32 Å². The second kappa shape index (κ2) is 4.41. The molecular formula is C12H10N4. The lowest BCUT2D eigenvalue weighted by atomic mass is 10.1. The standard InChI is InChI=1S/C12H10N4/c1-9-4-6-15-12(11(9)7-13)16-10-3-2-5-14-8-10/h2-6,8H,1H3,(H,15,16). The fraction of sp³-hybridized carbons (Fsp3) is 0.0833. The van der Waals surface area contributed by atoms with Crippen LogP contribution in [-0.2, 0) is 0 Å². The summed E-state index contributed by atoms with van der Waals surface area (Å²) >= 11 is 0. The van der Waals surface area contributed by atoms with E-state index in [-0.39, 0.29) is 0 Å². The molecule has 0 fully saturated rings. The van der Waals surface area contributed by atoms with Crippen molar-refractivity contribution in [1.29, 1.82) is 5.26 Å². The van der Waals surface area contributed by atoms with E-state index in [0.717, 1.165) is 11.3 Å². The summed E-state index contributed by atoms with van der Waals surface area (Å²) in [5, 5.41) is 12.1. The number of anilines is 2. The van der Waals surface area contributed by atoms with Crippen molar-refractivity contribution < 1.29 is 0 Å². The Morgan fingerprint density at radius 1 is 1.31 bits per heavy atom. The average Bonchev–Trinajstić information content (AvgIpc) is 2.31. The van der Waals surface area contributed by atoms with E-state index in [2.05, 4.69) is 21.4 Å². The molecule has 0 aliphatic heterocycles. The van der Waals surface area contributed by atoms with E-state index >= 15 is 0 Å². The third-order valence-electron chi connectivity index (χ3n) is 2.20. The molecule has 0 bridgehead atoms. The summed E-state index contributed by atoms with van der Waals surface area (Å²) in [5.41, 5.74) is 2.28. The van der Waals surface area contributed by atoms with Gasteiger partial charge in [0, 0.05) is 12.4 Å². The minimum absolute atomic E-state index is 0.561. The maximum Gasteiger partial charge on any atom is 0.148 e. The van der Waals surface area contributed by atoms with Crippen molar-refractivity contribution in [2.24, 2.45) is 0 Å². The van der Waals surface area contributed by atoms with Crippen molar-refractivity contribution in [3.8, 4) is 6.07 Å². The Morgan fingerprint density at radius 2 is 2.19 bits per heavy atom. The van der Waals surface area contributed by atoms with Crippen LogP contribution < -0.4 is 5.32 Å². The SMILES string of the molecule is Cc1ccnc(Nc2cccnc2)c1C#N. The molecule has 2 aromatic heterocycles. The lowest BCUT2D eigenvalue weighted by Crippen LogP contribution is -1.98. The Bertz CT molecular complexity index is 528. The summed E-state index contributed by atoms with van der Waals surface area (Å²) in [6.07, 6.45) is 5.06. The molecule has 0 aliphatic carbocycles. The number of rotatable bonds is 2. The van der Waals surface area contributed by atoms with Gasteiger partial charge < -0.3 is 5.32 Å². The maximum atomic E-state index is 9.03. The van der Waals surface area contributed by atoms with Gasteiger partial charge in [0.05, 0.1) is 17.4 Å². The van der Waals surface area contributed by atoms with E-state index in [1.165, 1.54) is 0 Å². The lowest BCUT2D eigenvalue weighted by molar-refractivity contribution is 1.23. The third-order valence-corrected chi connectivity index (χ3v) is 2.20. The molecule has 0 amide bonds. The molecule has 0 aromatic carbocycles. The zero-order chi connectivity index (χ0) is 11.4. The molecule has 0 atom stereocenters. The Hall–Kier alpha value is -2.41. The van der Waals surface area contributed by atoms with Gasteiger partial charge in [-0.05, 0) is 30.7 Å². The minimum atomic E-state index is 0.561. The lowest BCUT2D eigenvalue weighted by Gasteiger charge is -2.07. The fourth-order valence-electron chi connectivity index (χ4n) is 1.37. The predicted octanol–water partition coefficient (Wildman–Crippen LogP) is 2.40. The van der Waals surface area contributed by atoms with Gasteiger partial charge in [-0.2, -0.15) is 5.26 Å². The highest BCUT2D eigenvalue weighted by molar-refractivity contribution is 5.63. The van der Waals surface area contributed by atoms with E-state index in [0.29, 0.717) is 11.4 Å². The van der Waals surface area contributed by atoms with Crippen LogP contribution in [0.1, 0.15) is 11.1 Å². The van der Waals surface area contributed by atoms with E-state index in [9.17, 15) is 0 Å². The highest BCUT2D eigenvalue weighted by Gasteiger charge is 2.06. The summed E-state index contributed by atoms with van der Waals surface area (Å²) in [4.78, 5) is 8.13. The van der Waals surface area contributed by atoms with Gasteiger partial charge in [0.15, 0.2) is 0 Å². The third kappa shape index (κ3) is 1.98. The number of aryl methyl sites for hydroxylation is 1. The maximum absolute atomic E-state index is 9.03. The zero-order valence-electron chi connectivity index (χ0n) is 8.81. The second-order valence-corrected chi connectivity index (χ2v) is 3.33. The van der Waals surface area contributed by atoms with Crippen LogP contribution in [0.5, 0.6) is 0 Å². The average molecular weight is 210 g/mol. The van der Waals surface area contributed by atoms with Gasteiger partial charge in [-0.1, -0.05) is 0 Å². The van der Waals surface area contributed by atoms with Crippen LogP contribution in [0.25, 0.3) is 0 Å². The first-order valence-electron chi connectivity index (χ1n) is 4.84. The van der Waals surface area contributed by atoms with Gasteiger partial charge in [-0.3, -0.25) is 4.98 Å². The topological polar surface area (TPSA) is 61.6 Å². The van der Waals surface area contributed by atoms with Gasteiger partial charge in [0.2, 0.25) is 0 Å². The molecule has 0 saturated carbocycles. The molecule has 2 aromatic rings. The Morgan fingerprint density at radius 3 is 2.88 bits per heavy atom. The first kappa shape index (κ1) is 10.1. The second-order valence-electron chi connectivity index (χ2n) is 3.33. The molecule has 4 heteroatoms. The molecule has 0 radical (unpaired) electrons. The highest BCUT2D eigenvalue weighted by Crippen LogP contribution is 2.19. The number of nitriles is 1. The van der Waals surface area contributed by atoms with E-state index < -0.39 is 0 Å². The fourth-order valence-corrected chi connectivity index (χ4v) is 1.37. The minimum Gasteiger partial charge on any atom is -0.338 e.